The Balaban J connectivity index is 1.65. The summed E-state index contributed by atoms with van der Waals surface area (Å²) in [6, 6.07) is 10.7. The Bertz CT molecular complexity index is 1440. The average Bonchev–Trinajstić information content (AvgIpc) is 3.75. The van der Waals surface area contributed by atoms with Crippen LogP contribution in [0, 0.1) is 21.1 Å². The molecule has 0 spiro atoms. The summed E-state index contributed by atoms with van der Waals surface area (Å²) in [6.45, 7) is -0.0670. The third-order valence-electron chi connectivity index (χ3n) is 6.01. The zero-order chi connectivity index (χ0) is 28.0. The Kier molecular flexibility index (Phi) is 9.82. The fourth-order valence-electron chi connectivity index (χ4n) is 3.70. The van der Waals surface area contributed by atoms with Crippen molar-refractivity contribution in [2.45, 2.75) is 37.1 Å². The standard InChI is InChI=1S/C26H27F2IN4O5S/c27-23-22(39(36,37)31-14-17-3-1-11-30-21(17)4-2-12-34)13-20(26(35)33-38-15-16-5-6-16)25(24(23)28)32-19-9-7-18(29)8-10-19/h1,3,7-11,13,16,31-32,34H,2,4-6,12,14-15H2,(H,33,35). The molecule has 0 radical (unpaired) electrons. The summed E-state index contributed by atoms with van der Waals surface area (Å²) in [4.78, 5) is 21.4. The molecule has 2 aromatic carbocycles. The quantitative estimate of drug-likeness (QED) is 0.158. The lowest BCUT2D eigenvalue weighted by molar-refractivity contribution is 0.0270. The molecule has 208 valence electrons. The van der Waals surface area contributed by atoms with Gasteiger partial charge in [0.1, 0.15) is 4.90 Å². The minimum Gasteiger partial charge on any atom is -0.396 e. The van der Waals surface area contributed by atoms with E-state index in [-0.39, 0.29) is 19.8 Å². The first-order valence-corrected chi connectivity index (χ1v) is 14.8. The van der Waals surface area contributed by atoms with Crippen LogP contribution < -0.4 is 15.5 Å². The van der Waals surface area contributed by atoms with E-state index in [9.17, 15) is 13.2 Å². The lowest BCUT2D eigenvalue weighted by Gasteiger charge is -2.17. The zero-order valence-corrected chi connectivity index (χ0v) is 23.7. The van der Waals surface area contributed by atoms with E-state index >= 15 is 8.78 Å². The molecule has 1 amide bonds. The molecule has 0 bridgehead atoms. The highest BCUT2D eigenvalue weighted by atomic mass is 127. The Morgan fingerprint density at radius 2 is 1.90 bits per heavy atom. The van der Waals surface area contributed by atoms with E-state index in [1.807, 2.05) is 0 Å². The minimum absolute atomic E-state index is 0.0654. The van der Waals surface area contributed by atoms with E-state index in [4.69, 9.17) is 9.94 Å². The average molecular weight is 672 g/mol. The van der Waals surface area contributed by atoms with Crippen LogP contribution in [0.1, 0.15) is 40.9 Å². The number of hydrogen-bond donors (Lipinski definition) is 4. The van der Waals surface area contributed by atoms with Gasteiger partial charge < -0.3 is 10.4 Å². The Labute approximate surface area is 238 Å². The number of aromatic nitrogens is 1. The first-order valence-electron chi connectivity index (χ1n) is 12.2. The first kappa shape index (κ1) is 29.3. The smallest absolute Gasteiger partial charge is 0.277 e. The molecule has 0 aliphatic heterocycles. The number of hydroxylamine groups is 1. The maximum atomic E-state index is 15.4. The molecule has 4 rings (SSSR count). The van der Waals surface area contributed by atoms with Crippen LogP contribution in [0.3, 0.4) is 0 Å². The van der Waals surface area contributed by atoms with Crippen LogP contribution in [0.5, 0.6) is 0 Å². The van der Waals surface area contributed by atoms with Crippen molar-refractivity contribution >= 4 is 49.9 Å². The van der Waals surface area contributed by atoms with Crippen LogP contribution >= 0.6 is 22.6 Å². The Morgan fingerprint density at radius 1 is 1.15 bits per heavy atom. The number of rotatable bonds is 13. The second-order valence-corrected chi connectivity index (χ2v) is 12.0. The monoisotopic (exact) mass is 672 g/mol. The predicted octanol–water partition coefficient (Wildman–Crippen LogP) is 4.18. The van der Waals surface area contributed by atoms with Crippen LogP contribution in [0.15, 0.2) is 53.6 Å². The number of anilines is 2. The molecule has 3 aromatic rings. The van der Waals surface area contributed by atoms with Gasteiger partial charge in [0.25, 0.3) is 5.91 Å². The number of nitrogens with one attached hydrogen (secondary N) is 3. The summed E-state index contributed by atoms with van der Waals surface area (Å²) in [6.07, 6.45) is 4.30. The number of halogens is 3. The van der Waals surface area contributed by atoms with Crippen molar-refractivity contribution in [3.63, 3.8) is 0 Å². The molecule has 39 heavy (non-hydrogen) atoms. The lowest BCUT2D eigenvalue weighted by Crippen LogP contribution is -2.29. The van der Waals surface area contributed by atoms with Crippen LogP contribution in [-0.2, 0) is 27.8 Å². The molecular formula is C26H27F2IN4O5S. The normalized spacial score (nSPS) is 13.3. The number of aryl methyl sites for hydroxylation is 1. The summed E-state index contributed by atoms with van der Waals surface area (Å²) in [5.74, 6) is -3.79. The topological polar surface area (TPSA) is 130 Å². The lowest BCUT2D eigenvalue weighted by atomic mass is 10.1. The second kappa shape index (κ2) is 13.1. The number of pyridine rings is 1. The van der Waals surface area contributed by atoms with Gasteiger partial charge in [-0.15, -0.1) is 0 Å². The van der Waals surface area contributed by atoms with Gasteiger partial charge in [0.2, 0.25) is 10.0 Å². The van der Waals surface area contributed by atoms with E-state index in [1.165, 1.54) is 6.20 Å². The van der Waals surface area contributed by atoms with Crippen LogP contribution in [0.4, 0.5) is 20.2 Å². The van der Waals surface area contributed by atoms with Gasteiger partial charge in [-0.2, -0.15) is 0 Å². The summed E-state index contributed by atoms with van der Waals surface area (Å²) in [5.41, 5.74) is 2.66. The van der Waals surface area contributed by atoms with Gasteiger partial charge in [0, 0.05) is 34.3 Å². The van der Waals surface area contributed by atoms with Crippen molar-refractivity contribution in [2.24, 2.45) is 5.92 Å². The summed E-state index contributed by atoms with van der Waals surface area (Å²) in [5, 5.41) is 11.8. The van der Waals surface area contributed by atoms with E-state index in [0.29, 0.717) is 35.7 Å². The van der Waals surface area contributed by atoms with Gasteiger partial charge in [-0.1, -0.05) is 6.07 Å². The number of amides is 1. The van der Waals surface area contributed by atoms with E-state index in [2.05, 4.69) is 43.1 Å². The maximum absolute atomic E-state index is 15.4. The number of nitrogens with zero attached hydrogens (tertiary/aromatic N) is 1. The highest BCUT2D eigenvalue weighted by molar-refractivity contribution is 14.1. The van der Waals surface area contributed by atoms with Gasteiger partial charge in [-0.3, -0.25) is 14.6 Å². The van der Waals surface area contributed by atoms with Gasteiger partial charge in [0.15, 0.2) is 11.6 Å². The molecule has 1 fully saturated rings. The molecule has 13 heteroatoms. The maximum Gasteiger partial charge on any atom is 0.277 e. The zero-order valence-electron chi connectivity index (χ0n) is 20.7. The summed E-state index contributed by atoms with van der Waals surface area (Å²) >= 11 is 2.08. The number of benzene rings is 2. The Hall–Kier alpha value is -2.72. The van der Waals surface area contributed by atoms with Crippen LogP contribution in [-0.4, -0.2) is 37.6 Å². The van der Waals surface area contributed by atoms with Crippen LogP contribution in [0.2, 0.25) is 0 Å². The summed E-state index contributed by atoms with van der Waals surface area (Å²) in [7, 11) is -4.62. The molecule has 9 nitrogen and oxygen atoms in total. The largest absolute Gasteiger partial charge is 0.396 e. The number of aliphatic hydroxyl groups excluding tert-OH is 1. The van der Waals surface area contributed by atoms with Gasteiger partial charge in [0.05, 0.1) is 17.9 Å². The molecule has 0 unspecified atom stereocenters. The predicted molar refractivity (Wildman–Crippen MR) is 149 cm³/mol. The Morgan fingerprint density at radius 3 is 2.59 bits per heavy atom. The molecular weight excluding hydrogens is 645 g/mol. The molecule has 1 aliphatic carbocycles. The molecule has 1 heterocycles. The van der Waals surface area contributed by atoms with Gasteiger partial charge >= 0.3 is 0 Å². The second-order valence-electron chi connectivity index (χ2n) is 9.00. The third-order valence-corrected chi connectivity index (χ3v) is 8.13. The number of carbonyl (C=O) groups excluding carboxylic acids is 1. The van der Waals surface area contributed by atoms with Crippen molar-refractivity contribution < 1.29 is 31.9 Å². The number of sulfonamides is 1. The summed E-state index contributed by atoms with van der Waals surface area (Å²) < 4.78 is 60.1. The fraction of sp³-hybridized carbons (Fsp3) is 0.308. The SMILES string of the molecule is O=C(NOCC1CC1)c1cc(S(=O)(=O)NCc2cccnc2CCCO)c(F)c(F)c1Nc1ccc(I)cc1. The van der Waals surface area contributed by atoms with Crippen molar-refractivity contribution in [1.29, 1.82) is 0 Å². The highest BCUT2D eigenvalue weighted by Gasteiger charge is 2.30. The van der Waals surface area contributed by atoms with Gasteiger partial charge in [-0.05, 0) is 96.2 Å². The minimum atomic E-state index is -4.62. The molecule has 0 atom stereocenters. The molecule has 1 aromatic heterocycles. The number of aliphatic hydroxyl groups is 1. The van der Waals surface area contributed by atoms with Crippen molar-refractivity contribution in [2.75, 3.05) is 18.5 Å². The number of hydrogen-bond acceptors (Lipinski definition) is 7. The van der Waals surface area contributed by atoms with E-state index in [0.717, 1.165) is 22.5 Å². The van der Waals surface area contributed by atoms with Crippen molar-refractivity contribution in [3.8, 4) is 0 Å². The molecule has 1 saturated carbocycles. The highest BCUT2D eigenvalue weighted by Crippen LogP contribution is 2.32. The number of carbonyl (C=O) groups is 1. The van der Waals surface area contributed by atoms with Crippen LogP contribution in [0.25, 0.3) is 0 Å². The third kappa shape index (κ3) is 7.69. The van der Waals surface area contributed by atoms with E-state index in [1.54, 1.807) is 36.4 Å². The van der Waals surface area contributed by atoms with Gasteiger partial charge in [-0.25, -0.2) is 27.4 Å². The molecule has 0 saturated heterocycles. The van der Waals surface area contributed by atoms with E-state index < -0.39 is 43.7 Å². The fourth-order valence-corrected chi connectivity index (χ4v) is 5.16. The van der Waals surface area contributed by atoms with Crippen molar-refractivity contribution in [3.05, 3.63) is 80.7 Å². The first-order chi connectivity index (χ1) is 18.7. The van der Waals surface area contributed by atoms with Crippen molar-refractivity contribution in [1.82, 2.24) is 15.2 Å². The molecule has 4 N–H and O–H groups in total. The molecule has 1 aliphatic rings.